The number of carbonyl (C=O) groups excluding carboxylic acids is 1. The van der Waals surface area contributed by atoms with Crippen molar-refractivity contribution in [2.75, 3.05) is 19.1 Å². The molecule has 38 heavy (non-hydrogen) atoms. The molecule has 1 heterocycles. The van der Waals surface area contributed by atoms with Gasteiger partial charge in [-0.3, -0.25) is 9.78 Å². The first-order valence-electron chi connectivity index (χ1n) is 11.5. The summed E-state index contributed by atoms with van der Waals surface area (Å²) in [5, 5.41) is 13.5. The van der Waals surface area contributed by atoms with E-state index in [2.05, 4.69) is 20.5 Å². The van der Waals surface area contributed by atoms with Crippen LogP contribution in [0.3, 0.4) is 0 Å². The van der Waals surface area contributed by atoms with Crippen molar-refractivity contribution < 1.29 is 19.0 Å². The molecule has 0 unspecified atom stereocenters. The molecule has 0 aliphatic carbocycles. The number of hydrogen-bond acceptors (Lipinski definition) is 9. The van der Waals surface area contributed by atoms with Gasteiger partial charge in [0.15, 0.2) is 11.5 Å². The molecule has 0 aliphatic heterocycles. The van der Waals surface area contributed by atoms with Crippen LogP contribution >= 0.6 is 0 Å². The summed E-state index contributed by atoms with van der Waals surface area (Å²) in [7, 11) is 1.55. The number of benzene rings is 3. The summed E-state index contributed by atoms with van der Waals surface area (Å²) in [5.74, 6) is 0.768. The third kappa shape index (κ3) is 6.03. The highest BCUT2D eigenvalue weighted by atomic mass is 16.6. The standard InChI is InChI=1S/C28H23N5O5/c1-3-37-24-15-18(9-14-23(24)38-27(35)20-10-12-21(36-2)13-11-20)17-30-33-28-31-25(19-7-5-4-6-8-19)22(16-29)26(34)32-28/h4-15,17H,3H2,1-2H3,(H2,31,32,33,34). The van der Waals surface area contributed by atoms with E-state index in [1.807, 2.05) is 19.1 Å². The molecule has 0 fully saturated rings. The second-order valence-electron chi connectivity index (χ2n) is 7.74. The van der Waals surface area contributed by atoms with E-state index in [0.29, 0.717) is 34.8 Å². The van der Waals surface area contributed by atoms with Crippen molar-refractivity contribution >= 4 is 18.1 Å². The number of ether oxygens (including phenoxy) is 3. The van der Waals surface area contributed by atoms with Crippen molar-refractivity contribution in [2.24, 2.45) is 5.10 Å². The molecule has 4 aromatic rings. The lowest BCUT2D eigenvalue weighted by molar-refractivity contribution is 0.0728. The number of H-pyrrole nitrogens is 1. The fourth-order valence-corrected chi connectivity index (χ4v) is 3.45. The zero-order valence-corrected chi connectivity index (χ0v) is 20.6. The van der Waals surface area contributed by atoms with Crippen molar-refractivity contribution in [1.82, 2.24) is 9.97 Å². The highest BCUT2D eigenvalue weighted by molar-refractivity contribution is 5.91. The van der Waals surface area contributed by atoms with Crippen LogP contribution in [0.5, 0.6) is 17.2 Å². The van der Waals surface area contributed by atoms with Crippen LogP contribution in [0.15, 0.2) is 82.7 Å². The maximum Gasteiger partial charge on any atom is 0.343 e. The minimum Gasteiger partial charge on any atom is -0.497 e. The van der Waals surface area contributed by atoms with Crippen LogP contribution in [0.4, 0.5) is 5.95 Å². The van der Waals surface area contributed by atoms with Crippen LogP contribution in [0.25, 0.3) is 11.3 Å². The Balaban J connectivity index is 1.52. The van der Waals surface area contributed by atoms with Crippen LogP contribution in [-0.2, 0) is 0 Å². The van der Waals surface area contributed by atoms with Gasteiger partial charge in [0.05, 0.1) is 31.2 Å². The summed E-state index contributed by atoms with van der Waals surface area (Å²) in [5.41, 5.74) is 3.87. The summed E-state index contributed by atoms with van der Waals surface area (Å²) in [6.45, 7) is 2.17. The van der Waals surface area contributed by atoms with Gasteiger partial charge < -0.3 is 14.2 Å². The lowest BCUT2D eigenvalue weighted by atomic mass is 10.1. The fraction of sp³-hybridized carbons (Fsp3) is 0.107. The Kier molecular flexibility index (Phi) is 8.11. The van der Waals surface area contributed by atoms with Gasteiger partial charge in [-0.2, -0.15) is 10.4 Å². The second-order valence-corrected chi connectivity index (χ2v) is 7.74. The number of rotatable bonds is 9. The number of anilines is 1. The second kappa shape index (κ2) is 12.0. The predicted octanol–water partition coefficient (Wildman–Crippen LogP) is 4.38. The van der Waals surface area contributed by atoms with E-state index in [9.17, 15) is 14.9 Å². The van der Waals surface area contributed by atoms with Crippen molar-refractivity contribution in [2.45, 2.75) is 6.92 Å². The van der Waals surface area contributed by atoms with Gasteiger partial charge in [0.1, 0.15) is 17.4 Å². The molecule has 10 nitrogen and oxygen atoms in total. The number of nitrogens with one attached hydrogen (secondary N) is 2. The first-order valence-corrected chi connectivity index (χ1v) is 11.5. The number of nitrogens with zero attached hydrogens (tertiary/aromatic N) is 3. The van der Waals surface area contributed by atoms with E-state index in [4.69, 9.17) is 14.2 Å². The predicted molar refractivity (Wildman–Crippen MR) is 142 cm³/mol. The molecule has 1 aromatic heterocycles. The van der Waals surface area contributed by atoms with Gasteiger partial charge in [0.25, 0.3) is 5.56 Å². The Morgan fingerprint density at radius 3 is 2.55 bits per heavy atom. The van der Waals surface area contributed by atoms with Crippen molar-refractivity contribution in [1.29, 1.82) is 5.26 Å². The molecule has 2 N–H and O–H groups in total. The first-order chi connectivity index (χ1) is 18.5. The zero-order chi connectivity index (χ0) is 26.9. The van der Waals surface area contributed by atoms with E-state index >= 15 is 0 Å². The van der Waals surface area contributed by atoms with E-state index in [1.165, 1.54) is 6.21 Å². The normalized spacial score (nSPS) is 10.6. The molecule has 0 bridgehead atoms. The smallest absolute Gasteiger partial charge is 0.343 e. The lowest BCUT2D eigenvalue weighted by Crippen LogP contribution is -2.16. The minimum absolute atomic E-state index is 0.0687. The SMILES string of the molecule is CCOc1cc(C=NNc2nc(-c3ccccc3)c(C#N)c(=O)[nH]2)ccc1OC(=O)c1ccc(OC)cc1. The van der Waals surface area contributed by atoms with E-state index in [0.717, 1.165) is 0 Å². The summed E-state index contributed by atoms with van der Waals surface area (Å²) in [6.07, 6.45) is 1.48. The van der Waals surface area contributed by atoms with Gasteiger partial charge >= 0.3 is 5.97 Å². The molecule has 0 amide bonds. The van der Waals surface area contributed by atoms with E-state index in [1.54, 1.807) is 73.8 Å². The third-order valence-corrected chi connectivity index (χ3v) is 5.26. The average Bonchev–Trinajstić information content (AvgIpc) is 2.94. The van der Waals surface area contributed by atoms with Crippen molar-refractivity contribution in [3.8, 4) is 34.6 Å². The average molecular weight is 510 g/mol. The molecule has 10 heteroatoms. The molecule has 0 aliphatic rings. The number of hydrazone groups is 1. The molecule has 0 atom stereocenters. The number of carbonyl (C=O) groups is 1. The number of methoxy groups -OCH3 is 1. The maximum atomic E-state index is 12.6. The zero-order valence-electron chi connectivity index (χ0n) is 20.6. The Bertz CT molecular complexity index is 1560. The maximum absolute atomic E-state index is 12.6. The molecule has 0 spiro atoms. The number of aromatic amines is 1. The molecular formula is C28H23N5O5. The van der Waals surface area contributed by atoms with E-state index < -0.39 is 11.5 Å². The topological polar surface area (TPSA) is 139 Å². The number of aromatic nitrogens is 2. The van der Waals surface area contributed by atoms with Crippen LogP contribution in [0.1, 0.15) is 28.4 Å². The Labute approximate surface area is 218 Å². The molecule has 0 saturated carbocycles. The monoisotopic (exact) mass is 509 g/mol. The summed E-state index contributed by atoms with van der Waals surface area (Å²) in [6, 6.07) is 22.3. The third-order valence-electron chi connectivity index (χ3n) is 5.26. The molecule has 4 rings (SSSR count). The Morgan fingerprint density at radius 2 is 1.87 bits per heavy atom. The fourth-order valence-electron chi connectivity index (χ4n) is 3.45. The van der Waals surface area contributed by atoms with Crippen LogP contribution in [-0.4, -0.2) is 35.9 Å². The van der Waals surface area contributed by atoms with Crippen LogP contribution < -0.4 is 25.2 Å². The van der Waals surface area contributed by atoms with Gasteiger partial charge in [0, 0.05) is 5.56 Å². The number of hydrogen-bond donors (Lipinski definition) is 2. The molecule has 0 saturated heterocycles. The lowest BCUT2D eigenvalue weighted by Gasteiger charge is -2.11. The van der Waals surface area contributed by atoms with Gasteiger partial charge in [-0.15, -0.1) is 0 Å². The van der Waals surface area contributed by atoms with Gasteiger partial charge in [-0.05, 0) is 55.0 Å². The Hall–Kier alpha value is -5.43. The van der Waals surface area contributed by atoms with Crippen molar-refractivity contribution in [3.63, 3.8) is 0 Å². The largest absolute Gasteiger partial charge is 0.497 e. The highest BCUT2D eigenvalue weighted by Crippen LogP contribution is 2.29. The molecule has 190 valence electrons. The van der Waals surface area contributed by atoms with Crippen molar-refractivity contribution in [3.05, 3.63) is 99.8 Å². The van der Waals surface area contributed by atoms with Crippen LogP contribution in [0.2, 0.25) is 0 Å². The molecule has 3 aromatic carbocycles. The highest BCUT2D eigenvalue weighted by Gasteiger charge is 2.14. The first kappa shape index (κ1) is 25.7. The molecule has 0 radical (unpaired) electrons. The summed E-state index contributed by atoms with van der Waals surface area (Å²) >= 11 is 0. The number of esters is 1. The van der Waals surface area contributed by atoms with Gasteiger partial charge in [-0.1, -0.05) is 30.3 Å². The van der Waals surface area contributed by atoms with Gasteiger partial charge in [-0.25, -0.2) is 15.2 Å². The molecular weight excluding hydrogens is 486 g/mol. The summed E-state index contributed by atoms with van der Waals surface area (Å²) < 4.78 is 16.3. The van der Waals surface area contributed by atoms with Gasteiger partial charge in [0.2, 0.25) is 5.95 Å². The summed E-state index contributed by atoms with van der Waals surface area (Å²) in [4.78, 5) is 31.8. The van der Waals surface area contributed by atoms with Crippen LogP contribution in [0, 0.1) is 11.3 Å². The minimum atomic E-state index is -0.583. The quantitative estimate of drug-likeness (QED) is 0.147. The Morgan fingerprint density at radius 1 is 1.11 bits per heavy atom. The number of nitriles is 1. The van der Waals surface area contributed by atoms with E-state index in [-0.39, 0.29) is 23.0 Å².